The molecule has 1 saturated heterocycles. The molecule has 1 fully saturated rings. The molecular weight excluding hydrogens is 472 g/mol. The monoisotopic (exact) mass is 498 g/mol. The lowest BCUT2D eigenvalue weighted by molar-refractivity contribution is -0.122. The average molecular weight is 499 g/mol. The molecule has 5 rings (SSSR count). The number of aromatic nitrogens is 3. The first kappa shape index (κ1) is 24.1. The highest BCUT2D eigenvalue weighted by Crippen LogP contribution is 2.40. The number of rotatable bonds is 4. The Morgan fingerprint density at radius 3 is 2.35 bits per heavy atom. The predicted octanol–water partition coefficient (Wildman–Crippen LogP) is 4.48. The molecule has 4 aromatic rings. The van der Waals surface area contributed by atoms with E-state index in [1.165, 1.54) is 22.8 Å². The van der Waals surface area contributed by atoms with E-state index in [0.717, 1.165) is 11.1 Å². The first-order chi connectivity index (χ1) is 17.8. The fourth-order valence-electron chi connectivity index (χ4n) is 4.60. The lowest BCUT2D eigenvalue weighted by Gasteiger charge is -2.30. The van der Waals surface area contributed by atoms with Gasteiger partial charge in [-0.25, -0.2) is 9.97 Å². The van der Waals surface area contributed by atoms with Gasteiger partial charge in [-0.3, -0.25) is 14.2 Å². The zero-order chi connectivity index (χ0) is 26.1. The van der Waals surface area contributed by atoms with E-state index in [1.54, 1.807) is 18.5 Å². The van der Waals surface area contributed by atoms with E-state index < -0.39 is 11.8 Å². The normalized spacial score (nSPS) is 14.5. The summed E-state index contributed by atoms with van der Waals surface area (Å²) in [4.78, 5) is 35.7. The minimum Gasteiger partial charge on any atom is -0.494 e. The second-order valence-electron chi connectivity index (χ2n) is 9.19. The highest BCUT2D eigenvalue weighted by molar-refractivity contribution is 6.02. The summed E-state index contributed by atoms with van der Waals surface area (Å²) in [5.41, 5.74) is 2.61. The number of hydrogen-bond acceptors (Lipinski definition) is 7. The van der Waals surface area contributed by atoms with Crippen LogP contribution in [0.3, 0.4) is 0 Å². The van der Waals surface area contributed by atoms with Crippen molar-refractivity contribution in [1.82, 2.24) is 14.5 Å². The number of hydrogen-bond donors (Lipinski definition) is 2. The van der Waals surface area contributed by atoms with Crippen LogP contribution in [0.4, 0.5) is 5.95 Å². The maximum absolute atomic E-state index is 12.7. The Morgan fingerprint density at radius 2 is 1.62 bits per heavy atom. The van der Waals surface area contributed by atoms with Gasteiger partial charge in [0.1, 0.15) is 0 Å². The minimum atomic E-state index is -0.705. The van der Waals surface area contributed by atoms with Gasteiger partial charge in [-0.05, 0) is 68.1 Å². The molecule has 10 nitrogen and oxygen atoms in total. The minimum absolute atomic E-state index is 0.135. The Hall–Kier alpha value is -4.60. The van der Waals surface area contributed by atoms with Gasteiger partial charge >= 0.3 is 0 Å². The molecule has 2 aromatic carbocycles. The number of fused-ring (bicyclic) bond motifs is 1. The van der Waals surface area contributed by atoms with E-state index >= 15 is 0 Å². The van der Waals surface area contributed by atoms with Gasteiger partial charge in [0.25, 0.3) is 11.8 Å². The Bertz CT molecular complexity index is 1520. The summed E-state index contributed by atoms with van der Waals surface area (Å²) >= 11 is 0. The van der Waals surface area contributed by atoms with Crippen molar-refractivity contribution in [3.63, 3.8) is 0 Å². The van der Waals surface area contributed by atoms with Crippen molar-refractivity contribution in [1.29, 1.82) is 0 Å². The average Bonchev–Trinajstić information content (AvgIpc) is 3.18. The van der Waals surface area contributed by atoms with Crippen molar-refractivity contribution in [2.24, 2.45) is 16.1 Å². The summed E-state index contributed by atoms with van der Waals surface area (Å²) in [6.07, 6.45) is 4.48. The molecule has 0 bridgehead atoms. The van der Waals surface area contributed by atoms with Crippen molar-refractivity contribution in [2.75, 3.05) is 18.0 Å². The van der Waals surface area contributed by atoms with Crippen molar-refractivity contribution in [2.45, 2.75) is 26.7 Å². The number of anilines is 1. The molecule has 37 heavy (non-hydrogen) atoms. The summed E-state index contributed by atoms with van der Waals surface area (Å²) < 4.78 is 1.35. The number of benzene rings is 2. The first-order valence-electron chi connectivity index (χ1n) is 12.0. The topological polar surface area (TPSA) is 133 Å². The first-order valence-corrected chi connectivity index (χ1v) is 12.0. The number of carbonyl (C=O) groups excluding carboxylic acids is 2. The summed E-state index contributed by atoms with van der Waals surface area (Å²) in [6.45, 7) is 5.02. The van der Waals surface area contributed by atoms with E-state index in [-0.39, 0.29) is 23.2 Å². The zero-order valence-corrected chi connectivity index (χ0v) is 20.5. The summed E-state index contributed by atoms with van der Waals surface area (Å²) in [7, 11) is 0. The number of aromatic hydroxyl groups is 2. The van der Waals surface area contributed by atoms with Gasteiger partial charge < -0.3 is 15.1 Å². The molecule has 0 unspecified atom stereocenters. The molecule has 2 aromatic heterocycles. The Balaban J connectivity index is 1.31. The molecule has 3 heterocycles. The molecule has 2 N–H and O–H groups in total. The van der Waals surface area contributed by atoms with Crippen LogP contribution >= 0.6 is 0 Å². The third-order valence-electron chi connectivity index (χ3n) is 6.70. The van der Waals surface area contributed by atoms with Crippen LogP contribution in [0.5, 0.6) is 11.8 Å². The van der Waals surface area contributed by atoms with E-state index in [0.29, 0.717) is 48.3 Å². The van der Waals surface area contributed by atoms with E-state index in [4.69, 9.17) is 0 Å². The molecule has 1 aliphatic heterocycles. The van der Waals surface area contributed by atoms with Crippen LogP contribution in [0.25, 0.3) is 16.5 Å². The third-order valence-corrected chi connectivity index (χ3v) is 6.70. The van der Waals surface area contributed by atoms with Gasteiger partial charge in [0, 0.05) is 47.7 Å². The SMILES string of the molecule is Cc1ccc(C)c(-n2c(O)c3ccc(C(=O)N=NC(=O)C4CCN(c5ncccn5)CC4)cc3c2O)c1. The van der Waals surface area contributed by atoms with Crippen molar-refractivity contribution in [3.8, 4) is 17.4 Å². The third kappa shape index (κ3) is 4.65. The number of azo groups is 1. The molecule has 0 saturated carbocycles. The van der Waals surface area contributed by atoms with Crippen LogP contribution in [0.2, 0.25) is 0 Å². The lowest BCUT2D eigenvalue weighted by Crippen LogP contribution is -2.36. The quantitative estimate of drug-likeness (QED) is 0.396. The highest BCUT2D eigenvalue weighted by atomic mass is 16.3. The Kier molecular flexibility index (Phi) is 6.39. The standard InChI is InChI=1S/C27H26N6O4/c1-16-4-5-17(2)22(14-16)33-25(36)20-7-6-19(15-21(20)26(33)37)24(35)31-30-23(34)18-8-12-32(13-9-18)27-28-10-3-11-29-27/h3-7,10-11,14-15,18,36-37H,8-9,12-13H2,1-2H3. The van der Waals surface area contributed by atoms with Crippen LogP contribution in [0.1, 0.15) is 34.3 Å². The number of carbonyl (C=O) groups is 2. The fourth-order valence-corrected chi connectivity index (χ4v) is 4.60. The van der Waals surface area contributed by atoms with Crippen molar-refractivity contribution < 1.29 is 19.8 Å². The summed E-state index contributed by atoms with van der Waals surface area (Å²) in [5, 5.41) is 29.7. The molecule has 2 amide bonds. The largest absolute Gasteiger partial charge is 0.494 e. The van der Waals surface area contributed by atoms with E-state index in [9.17, 15) is 19.8 Å². The number of nitrogens with zero attached hydrogens (tertiary/aromatic N) is 6. The van der Waals surface area contributed by atoms with E-state index in [2.05, 4.69) is 20.2 Å². The van der Waals surface area contributed by atoms with Crippen LogP contribution < -0.4 is 4.90 Å². The maximum Gasteiger partial charge on any atom is 0.295 e. The highest BCUT2D eigenvalue weighted by Gasteiger charge is 2.26. The molecule has 1 aliphatic rings. The molecule has 188 valence electrons. The molecule has 0 aliphatic carbocycles. The van der Waals surface area contributed by atoms with Gasteiger partial charge in [-0.2, -0.15) is 0 Å². The van der Waals surface area contributed by atoms with Crippen LogP contribution in [-0.2, 0) is 4.79 Å². The van der Waals surface area contributed by atoms with Crippen LogP contribution in [-0.4, -0.2) is 49.7 Å². The van der Waals surface area contributed by atoms with Gasteiger partial charge in [0.2, 0.25) is 17.7 Å². The van der Waals surface area contributed by atoms with E-state index in [1.807, 2.05) is 36.9 Å². The molecule has 0 spiro atoms. The zero-order valence-electron chi connectivity index (χ0n) is 20.5. The maximum atomic E-state index is 12.7. The molecule has 0 radical (unpaired) electrons. The molecule has 0 atom stereocenters. The lowest BCUT2D eigenvalue weighted by atomic mass is 9.96. The second kappa shape index (κ2) is 9.81. The smallest absolute Gasteiger partial charge is 0.295 e. The number of amides is 2. The van der Waals surface area contributed by atoms with Crippen molar-refractivity contribution in [3.05, 3.63) is 71.5 Å². The van der Waals surface area contributed by atoms with Gasteiger partial charge in [0.05, 0.1) is 5.69 Å². The van der Waals surface area contributed by atoms with Gasteiger partial charge in [-0.1, -0.05) is 12.1 Å². The van der Waals surface area contributed by atoms with Gasteiger partial charge in [0.15, 0.2) is 0 Å². The van der Waals surface area contributed by atoms with Crippen LogP contribution in [0, 0.1) is 19.8 Å². The number of aryl methyl sites for hydroxylation is 2. The second-order valence-corrected chi connectivity index (χ2v) is 9.19. The Labute approximate surface area is 212 Å². The number of piperidine rings is 1. The summed E-state index contributed by atoms with van der Waals surface area (Å²) in [5.74, 6) is -1.18. The predicted molar refractivity (Wildman–Crippen MR) is 137 cm³/mol. The fraction of sp³-hybridized carbons (Fsp3) is 0.259. The summed E-state index contributed by atoms with van der Waals surface area (Å²) in [6, 6.07) is 11.9. The van der Waals surface area contributed by atoms with Crippen molar-refractivity contribution >= 4 is 28.5 Å². The molecular formula is C27H26N6O4. The van der Waals surface area contributed by atoms with Gasteiger partial charge in [-0.15, -0.1) is 10.2 Å². The van der Waals surface area contributed by atoms with Crippen LogP contribution in [0.15, 0.2) is 65.1 Å². The Morgan fingerprint density at radius 1 is 0.919 bits per heavy atom. The molecule has 10 heteroatoms.